The van der Waals surface area contributed by atoms with Gasteiger partial charge in [-0.15, -0.1) is 0 Å². The lowest BCUT2D eigenvalue weighted by Crippen LogP contribution is -2.41. The second-order valence-electron chi connectivity index (χ2n) is 9.90. The summed E-state index contributed by atoms with van der Waals surface area (Å²) < 4.78 is 17.1. The molecule has 2 fully saturated rings. The van der Waals surface area contributed by atoms with Gasteiger partial charge in [0.15, 0.2) is 12.6 Å². The second-order valence-corrected chi connectivity index (χ2v) is 9.90. The molecular formula is C24H31N5O8. The summed E-state index contributed by atoms with van der Waals surface area (Å²) in [4.78, 5) is 28.6. The van der Waals surface area contributed by atoms with Gasteiger partial charge in [0.05, 0.1) is 11.1 Å². The molecule has 2 aromatic heterocycles. The zero-order valence-electron chi connectivity index (χ0n) is 20.7. The van der Waals surface area contributed by atoms with E-state index < -0.39 is 48.2 Å². The van der Waals surface area contributed by atoms with E-state index in [2.05, 4.69) is 20.1 Å². The van der Waals surface area contributed by atoms with Crippen LogP contribution in [0.2, 0.25) is 0 Å². The quantitative estimate of drug-likeness (QED) is 0.305. The monoisotopic (exact) mass is 517 g/mol. The number of rotatable bonds is 7. The zero-order chi connectivity index (χ0) is 26.8. The number of ether oxygens (including phenoxy) is 3. The van der Waals surface area contributed by atoms with Crippen LogP contribution in [0.15, 0.2) is 18.5 Å². The van der Waals surface area contributed by atoms with Crippen LogP contribution in [0.1, 0.15) is 51.6 Å². The third-order valence-electron chi connectivity index (χ3n) is 7.40. The molecule has 1 amide bonds. The lowest BCUT2D eigenvalue weighted by molar-refractivity contribution is -0.164. The number of amides is 1. The van der Waals surface area contributed by atoms with Crippen molar-refractivity contribution < 1.29 is 39.1 Å². The van der Waals surface area contributed by atoms with Crippen LogP contribution in [0.3, 0.4) is 0 Å². The molecule has 4 atom stereocenters. The van der Waals surface area contributed by atoms with Gasteiger partial charge in [0.2, 0.25) is 5.60 Å². The smallest absolute Gasteiger partial charge is 0.414 e. The molecule has 4 N–H and O–H groups in total. The Morgan fingerprint density at radius 2 is 2.00 bits per heavy atom. The summed E-state index contributed by atoms with van der Waals surface area (Å²) in [6, 6.07) is 4.85. The first-order valence-corrected chi connectivity index (χ1v) is 12.2. The first kappa shape index (κ1) is 26.7. The van der Waals surface area contributed by atoms with E-state index in [0.717, 1.165) is 38.4 Å². The average molecular weight is 518 g/mol. The molecule has 0 radical (unpaired) electrons. The Balaban J connectivity index is 1.54. The molecule has 3 heterocycles. The molecule has 0 spiro atoms. The van der Waals surface area contributed by atoms with Gasteiger partial charge < -0.3 is 29.5 Å². The molecular weight excluding hydrogens is 486 g/mol. The molecule has 0 aromatic carbocycles. The van der Waals surface area contributed by atoms with E-state index in [0.29, 0.717) is 0 Å². The number of nitrogens with one attached hydrogen (secondary N) is 1. The Morgan fingerprint density at radius 1 is 1.27 bits per heavy atom. The van der Waals surface area contributed by atoms with Crippen molar-refractivity contribution in [3.05, 3.63) is 24.2 Å². The van der Waals surface area contributed by atoms with Gasteiger partial charge in [-0.05, 0) is 44.7 Å². The molecule has 1 saturated heterocycles. The Labute approximate surface area is 213 Å². The van der Waals surface area contributed by atoms with Gasteiger partial charge in [-0.25, -0.2) is 14.3 Å². The number of carbonyl (C=O) groups is 2. The number of hydrogen-bond acceptors (Lipinski definition) is 11. The topological polar surface area (TPSA) is 189 Å². The first-order valence-electron chi connectivity index (χ1n) is 12.2. The molecule has 4 rings (SSSR count). The van der Waals surface area contributed by atoms with Crippen LogP contribution < -0.4 is 5.32 Å². The normalized spacial score (nSPS) is 26.5. The molecule has 2 aliphatic rings. The van der Waals surface area contributed by atoms with Gasteiger partial charge in [0.25, 0.3) is 0 Å². The van der Waals surface area contributed by atoms with Crippen LogP contribution in [0.25, 0.3) is 5.52 Å². The summed E-state index contributed by atoms with van der Waals surface area (Å²) in [6.45, 7) is 2.51. The average Bonchev–Trinajstić information content (AvgIpc) is 3.44. The highest BCUT2D eigenvalue weighted by Crippen LogP contribution is 2.42. The Morgan fingerprint density at radius 3 is 2.68 bits per heavy atom. The zero-order valence-corrected chi connectivity index (χ0v) is 20.7. The van der Waals surface area contributed by atoms with Crippen molar-refractivity contribution in [1.29, 1.82) is 5.26 Å². The molecule has 13 heteroatoms. The van der Waals surface area contributed by atoms with Crippen LogP contribution in [0, 0.1) is 22.7 Å². The SMILES string of the molecule is CC(C)(C(=O)OC[C@H]1O[C@@](C#N)(c2ccc3c(NC(=O)OCO)ncnn23)[C@H](O)[C@@H]1O)C1CCCCC1. The van der Waals surface area contributed by atoms with E-state index in [1.165, 1.54) is 16.6 Å². The number of aliphatic hydroxyl groups is 3. The number of hydrogen-bond donors (Lipinski definition) is 4. The third-order valence-corrected chi connectivity index (χ3v) is 7.40. The van der Waals surface area contributed by atoms with Crippen LogP contribution in [0.4, 0.5) is 10.6 Å². The maximum Gasteiger partial charge on any atom is 0.414 e. The fourth-order valence-corrected chi connectivity index (χ4v) is 5.15. The summed E-state index contributed by atoms with van der Waals surface area (Å²) in [6.07, 6.45) is 0.900. The van der Waals surface area contributed by atoms with Crippen molar-refractivity contribution in [3.8, 4) is 6.07 Å². The molecule has 1 aliphatic heterocycles. The molecule has 13 nitrogen and oxygen atoms in total. The van der Waals surface area contributed by atoms with Crippen LogP contribution in [0.5, 0.6) is 0 Å². The highest BCUT2D eigenvalue weighted by Gasteiger charge is 2.58. The van der Waals surface area contributed by atoms with Crippen LogP contribution in [-0.4, -0.2) is 73.7 Å². The second kappa shape index (κ2) is 10.6. The van der Waals surface area contributed by atoms with Crippen molar-refractivity contribution >= 4 is 23.4 Å². The van der Waals surface area contributed by atoms with Crippen molar-refractivity contribution in [3.63, 3.8) is 0 Å². The highest BCUT2D eigenvalue weighted by molar-refractivity contribution is 5.88. The van der Waals surface area contributed by atoms with Gasteiger partial charge in [0, 0.05) is 0 Å². The summed E-state index contributed by atoms with van der Waals surface area (Å²) >= 11 is 0. The standard InChI is InChI=1S/C24H31N5O8/c1-23(2,14-6-4-3-5-7-14)21(33)35-10-16-18(31)19(32)24(11-25,37-16)17-9-8-15-20(26-12-27-29(15)17)28-22(34)36-13-30/h8-9,12,14,16,18-19,30-32H,3-7,10,13H2,1-2H3,(H,26,27,28,34)/t16-,18-,19-,24+/m1/s1. The van der Waals surface area contributed by atoms with Gasteiger partial charge >= 0.3 is 12.1 Å². The van der Waals surface area contributed by atoms with Gasteiger partial charge in [-0.3, -0.25) is 10.1 Å². The maximum atomic E-state index is 12.9. The van der Waals surface area contributed by atoms with E-state index in [1.807, 2.05) is 19.9 Å². The van der Waals surface area contributed by atoms with Crippen molar-refractivity contribution in [2.45, 2.75) is 69.9 Å². The molecule has 1 aliphatic carbocycles. The fraction of sp³-hybridized carbons (Fsp3) is 0.625. The number of carbonyl (C=O) groups excluding carboxylic acids is 2. The van der Waals surface area contributed by atoms with Gasteiger partial charge in [-0.2, -0.15) is 10.4 Å². The van der Waals surface area contributed by atoms with Gasteiger partial charge in [0.1, 0.15) is 42.8 Å². The predicted octanol–water partition coefficient (Wildman–Crippen LogP) is 1.22. The summed E-state index contributed by atoms with van der Waals surface area (Å²) in [5.41, 5.74) is -2.48. The lowest BCUT2D eigenvalue weighted by Gasteiger charge is -2.35. The van der Waals surface area contributed by atoms with E-state index in [1.54, 1.807) is 0 Å². The van der Waals surface area contributed by atoms with Crippen molar-refractivity contribution in [2.24, 2.45) is 11.3 Å². The summed E-state index contributed by atoms with van der Waals surface area (Å²) in [7, 11) is 0. The van der Waals surface area contributed by atoms with Crippen LogP contribution in [-0.2, 0) is 24.6 Å². The minimum Gasteiger partial charge on any atom is -0.462 e. The van der Waals surface area contributed by atoms with E-state index >= 15 is 0 Å². The number of esters is 1. The Kier molecular flexibility index (Phi) is 7.65. The molecule has 2 aromatic rings. The maximum absolute atomic E-state index is 12.9. The number of anilines is 1. The van der Waals surface area contributed by atoms with Gasteiger partial charge in [-0.1, -0.05) is 19.3 Å². The Hall–Kier alpha value is -3.31. The molecule has 0 bridgehead atoms. The van der Waals surface area contributed by atoms with Crippen molar-refractivity contribution in [2.75, 3.05) is 18.7 Å². The van der Waals surface area contributed by atoms with E-state index in [-0.39, 0.29) is 29.6 Å². The molecule has 37 heavy (non-hydrogen) atoms. The number of nitriles is 1. The first-order chi connectivity index (χ1) is 17.7. The summed E-state index contributed by atoms with van der Waals surface area (Å²) in [5, 5.41) is 46.9. The fourth-order valence-electron chi connectivity index (χ4n) is 5.15. The largest absolute Gasteiger partial charge is 0.462 e. The minimum absolute atomic E-state index is 0.0104. The van der Waals surface area contributed by atoms with E-state index in [4.69, 9.17) is 14.6 Å². The molecule has 0 unspecified atom stereocenters. The number of fused-ring (bicyclic) bond motifs is 1. The van der Waals surface area contributed by atoms with Crippen molar-refractivity contribution in [1.82, 2.24) is 14.6 Å². The number of aliphatic hydroxyl groups excluding tert-OH is 3. The number of aromatic nitrogens is 3. The molecule has 1 saturated carbocycles. The predicted molar refractivity (Wildman–Crippen MR) is 126 cm³/mol. The third kappa shape index (κ3) is 4.85. The minimum atomic E-state index is -2.06. The lowest BCUT2D eigenvalue weighted by atomic mass is 9.71. The summed E-state index contributed by atoms with van der Waals surface area (Å²) in [5.74, 6) is -0.224. The Bertz CT molecular complexity index is 1190. The number of nitrogens with zero attached hydrogens (tertiary/aromatic N) is 4. The van der Waals surface area contributed by atoms with Crippen LogP contribution >= 0.6 is 0 Å². The van der Waals surface area contributed by atoms with E-state index in [9.17, 15) is 25.1 Å². The molecule has 200 valence electrons. The highest BCUT2D eigenvalue weighted by atomic mass is 16.6.